The van der Waals surface area contributed by atoms with Gasteiger partial charge in [-0.1, -0.05) is 12.2 Å². The standard InChI is InChI=1S/C16H28N4S.HI/c1-17-16(18-12-14-5-10-21-11-6-14)20-9-4-15(13-20)19-7-2-3-8-19;/h2-3,14-15H,4-13H2,1H3,(H,17,18);1H. The van der Waals surface area contributed by atoms with Gasteiger partial charge in [-0.05, 0) is 36.7 Å². The van der Waals surface area contributed by atoms with Crippen LogP contribution in [0.2, 0.25) is 0 Å². The smallest absolute Gasteiger partial charge is 0.193 e. The van der Waals surface area contributed by atoms with Gasteiger partial charge in [0.1, 0.15) is 0 Å². The zero-order chi connectivity index (χ0) is 14.5. The Morgan fingerprint density at radius 2 is 1.95 bits per heavy atom. The van der Waals surface area contributed by atoms with E-state index in [9.17, 15) is 0 Å². The molecule has 0 spiro atoms. The summed E-state index contributed by atoms with van der Waals surface area (Å²) in [5, 5.41) is 3.62. The molecule has 2 fully saturated rings. The van der Waals surface area contributed by atoms with Gasteiger partial charge in [0, 0.05) is 45.8 Å². The minimum atomic E-state index is 0. The van der Waals surface area contributed by atoms with E-state index in [2.05, 4.69) is 44.0 Å². The minimum absolute atomic E-state index is 0. The minimum Gasteiger partial charge on any atom is -0.356 e. The van der Waals surface area contributed by atoms with Crippen LogP contribution in [-0.4, -0.2) is 73.1 Å². The molecule has 0 aromatic heterocycles. The van der Waals surface area contributed by atoms with E-state index in [0.717, 1.165) is 44.6 Å². The molecule has 2 saturated heterocycles. The van der Waals surface area contributed by atoms with E-state index in [1.165, 1.54) is 30.8 Å². The molecule has 22 heavy (non-hydrogen) atoms. The lowest BCUT2D eigenvalue weighted by Gasteiger charge is -2.27. The third kappa shape index (κ3) is 4.77. The van der Waals surface area contributed by atoms with E-state index in [4.69, 9.17) is 0 Å². The Balaban J connectivity index is 0.00000176. The molecule has 0 saturated carbocycles. The average molecular weight is 436 g/mol. The highest BCUT2D eigenvalue weighted by atomic mass is 127. The number of rotatable bonds is 3. The van der Waals surface area contributed by atoms with E-state index in [1.807, 2.05) is 7.05 Å². The Bertz CT molecular complexity index is 388. The summed E-state index contributed by atoms with van der Waals surface area (Å²) in [6, 6.07) is 0.699. The molecule has 6 heteroatoms. The van der Waals surface area contributed by atoms with Crippen LogP contribution < -0.4 is 5.32 Å². The second kappa shape index (κ2) is 9.37. The quantitative estimate of drug-likeness (QED) is 0.318. The van der Waals surface area contributed by atoms with Gasteiger partial charge in [0.15, 0.2) is 5.96 Å². The van der Waals surface area contributed by atoms with Gasteiger partial charge in [-0.15, -0.1) is 24.0 Å². The molecule has 1 N–H and O–H groups in total. The maximum absolute atomic E-state index is 4.51. The first-order valence-corrected chi connectivity index (χ1v) is 9.44. The van der Waals surface area contributed by atoms with Crippen molar-refractivity contribution in [3.63, 3.8) is 0 Å². The molecule has 3 heterocycles. The van der Waals surface area contributed by atoms with Crippen molar-refractivity contribution in [3.05, 3.63) is 12.2 Å². The number of thioether (sulfide) groups is 1. The number of guanidine groups is 1. The molecule has 0 bridgehead atoms. The summed E-state index contributed by atoms with van der Waals surface area (Å²) in [6.45, 7) is 5.62. The molecule has 4 nitrogen and oxygen atoms in total. The fourth-order valence-corrected chi connectivity index (χ4v) is 4.75. The summed E-state index contributed by atoms with van der Waals surface area (Å²) in [7, 11) is 1.92. The monoisotopic (exact) mass is 436 g/mol. The first kappa shape index (κ1) is 18.4. The molecule has 0 amide bonds. The topological polar surface area (TPSA) is 30.9 Å². The summed E-state index contributed by atoms with van der Waals surface area (Å²) >= 11 is 2.10. The Labute approximate surface area is 156 Å². The number of halogens is 1. The molecule has 1 unspecified atom stereocenters. The number of nitrogens with one attached hydrogen (secondary N) is 1. The molecular weight excluding hydrogens is 407 g/mol. The maximum Gasteiger partial charge on any atom is 0.193 e. The van der Waals surface area contributed by atoms with Gasteiger partial charge in [0.25, 0.3) is 0 Å². The molecular formula is C16H29IN4S. The molecule has 3 rings (SSSR count). The van der Waals surface area contributed by atoms with Gasteiger partial charge in [-0.3, -0.25) is 9.89 Å². The average Bonchev–Trinajstić information content (AvgIpc) is 3.20. The van der Waals surface area contributed by atoms with E-state index < -0.39 is 0 Å². The zero-order valence-corrected chi connectivity index (χ0v) is 16.7. The zero-order valence-electron chi connectivity index (χ0n) is 13.5. The van der Waals surface area contributed by atoms with Crippen LogP contribution >= 0.6 is 35.7 Å². The second-order valence-electron chi connectivity index (χ2n) is 6.30. The van der Waals surface area contributed by atoms with Crippen LogP contribution in [0.25, 0.3) is 0 Å². The SMILES string of the molecule is CN=C(NCC1CCSCC1)N1CCC(N2CC=CC2)C1.I. The lowest BCUT2D eigenvalue weighted by Crippen LogP contribution is -2.44. The van der Waals surface area contributed by atoms with E-state index in [-0.39, 0.29) is 24.0 Å². The van der Waals surface area contributed by atoms with Crippen molar-refractivity contribution in [2.24, 2.45) is 10.9 Å². The van der Waals surface area contributed by atoms with Gasteiger partial charge in [-0.2, -0.15) is 11.8 Å². The van der Waals surface area contributed by atoms with Crippen LogP contribution in [0.4, 0.5) is 0 Å². The van der Waals surface area contributed by atoms with Crippen LogP contribution in [0.1, 0.15) is 19.3 Å². The van der Waals surface area contributed by atoms with Crippen molar-refractivity contribution in [3.8, 4) is 0 Å². The van der Waals surface area contributed by atoms with Crippen molar-refractivity contribution in [2.45, 2.75) is 25.3 Å². The van der Waals surface area contributed by atoms with Crippen LogP contribution in [0.15, 0.2) is 17.1 Å². The molecule has 0 aromatic carbocycles. The first-order valence-electron chi connectivity index (χ1n) is 8.29. The van der Waals surface area contributed by atoms with E-state index >= 15 is 0 Å². The number of nitrogens with zero attached hydrogens (tertiary/aromatic N) is 3. The van der Waals surface area contributed by atoms with Crippen LogP contribution in [0.3, 0.4) is 0 Å². The largest absolute Gasteiger partial charge is 0.356 e. The van der Waals surface area contributed by atoms with Crippen molar-refractivity contribution < 1.29 is 0 Å². The number of hydrogen-bond acceptors (Lipinski definition) is 3. The fourth-order valence-electron chi connectivity index (χ4n) is 3.54. The highest BCUT2D eigenvalue weighted by Crippen LogP contribution is 2.22. The number of hydrogen-bond donors (Lipinski definition) is 1. The van der Waals surface area contributed by atoms with E-state index in [1.54, 1.807) is 0 Å². The highest BCUT2D eigenvalue weighted by molar-refractivity contribution is 14.0. The van der Waals surface area contributed by atoms with Crippen LogP contribution in [0, 0.1) is 5.92 Å². The third-order valence-corrected chi connectivity index (χ3v) is 5.98. The Morgan fingerprint density at radius 3 is 2.64 bits per heavy atom. The lowest BCUT2D eigenvalue weighted by molar-refractivity contribution is 0.259. The van der Waals surface area contributed by atoms with Gasteiger partial charge in [0.05, 0.1) is 0 Å². The fraction of sp³-hybridized carbons (Fsp3) is 0.812. The van der Waals surface area contributed by atoms with Gasteiger partial charge < -0.3 is 10.2 Å². The predicted molar refractivity (Wildman–Crippen MR) is 108 cm³/mol. The summed E-state index contributed by atoms with van der Waals surface area (Å²) < 4.78 is 0. The second-order valence-corrected chi connectivity index (χ2v) is 7.52. The lowest BCUT2D eigenvalue weighted by atomic mass is 10.0. The Morgan fingerprint density at radius 1 is 1.23 bits per heavy atom. The molecule has 0 aromatic rings. The van der Waals surface area contributed by atoms with Crippen LogP contribution in [0.5, 0.6) is 0 Å². The number of likely N-dealkylation sites (tertiary alicyclic amines) is 1. The van der Waals surface area contributed by atoms with Crippen molar-refractivity contribution in [1.29, 1.82) is 0 Å². The van der Waals surface area contributed by atoms with Crippen molar-refractivity contribution >= 4 is 41.7 Å². The molecule has 3 aliphatic heterocycles. The van der Waals surface area contributed by atoms with Crippen molar-refractivity contribution in [1.82, 2.24) is 15.1 Å². The normalized spacial score (nSPS) is 27.2. The third-order valence-electron chi connectivity index (χ3n) is 4.93. The predicted octanol–water partition coefficient (Wildman–Crippen LogP) is 2.27. The molecule has 126 valence electrons. The molecule has 3 aliphatic rings. The highest BCUT2D eigenvalue weighted by Gasteiger charge is 2.29. The summed E-state index contributed by atoms with van der Waals surface area (Å²) in [5.74, 6) is 4.62. The summed E-state index contributed by atoms with van der Waals surface area (Å²) in [6.07, 6.45) is 8.56. The Kier molecular flexibility index (Phi) is 7.83. The van der Waals surface area contributed by atoms with Gasteiger partial charge in [-0.25, -0.2) is 0 Å². The van der Waals surface area contributed by atoms with Crippen LogP contribution in [-0.2, 0) is 0 Å². The summed E-state index contributed by atoms with van der Waals surface area (Å²) in [4.78, 5) is 9.53. The van der Waals surface area contributed by atoms with E-state index in [0.29, 0.717) is 6.04 Å². The Hall–Kier alpha value is 0.0500. The number of aliphatic imine (C=N–C) groups is 1. The van der Waals surface area contributed by atoms with Gasteiger partial charge in [0.2, 0.25) is 0 Å². The van der Waals surface area contributed by atoms with Crippen molar-refractivity contribution in [2.75, 3.05) is 51.3 Å². The molecule has 0 aliphatic carbocycles. The first-order chi connectivity index (χ1) is 10.4. The maximum atomic E-state index is 4.51. The van der Waals surface area contributed by atoms with Gasteiger partial charge >= 0.3 is 0 Å². The summed E-state index contributed by atoms with van der Waals surface area (Å²) in [5.41, 5.74) is 0. The molecule has 0 radical (unpaired) electrons. The molecule has 1 atom stereocenters.